The fraction of sp³-hybridized carbons (Fsp3) is 0.654. The molecule has 0 aliphatic carbocycles. The number of para-hydroxylation sites is 1. The Morgan fingerprint density at radius 2 is 2.03 bits per heavy atom. The number of aliphatic hydroxyl groups excluding tert-OH is 1. The second kappa shape index (κ2) is 10.5. The molecule has 3 unspecified atom stereocenters. The Bertz CT molecular complexity index is 1220. The van der Waals surface area contributed by atoms with Crippen molar-refractivity contribution in [1.29, 1.82) is 0 Å². The van der Waals surface area contributed by atoms with Crippen LogP contribution >= 0.6 is 15.9 Å². The van der Waals surface area contributed by atoms with E-state index in [4.69, 9.17) is 4.74 Å². The van der Waals surface area contributed by atoms with Crippen molar-refractivity contribution in [3.05, 3.63) is 24.3 Å². The standard InChI is InChI=1S/C26H35BrN6O5/c1-4-9-28-23(35)19-20-25(37)33(15(12-34)10-14(2)3)22(26(20)11-16(27)21(19)38-26)24(36)29-13-32-18-8-6-5-7-17(18)30-31-32/h5-8,14-16,19-22,34H,4,9-13H2,1-3H3,(H,28,35)(H,29,36)/t15-,16?,19-,20+,21-,22?,26?/m1/s1. The number of carbonyl (C=O) groups excluding carboxylic acids is 3. The number of benzene rings is 1. The van der Waals surface area contributed by atoms with Crippen molar-refractivity contribution in [3.8, 4) is 0 Å². The van der Waals surface area contributed by atoms with E-state index in [1.165, 1.54) is 4.90 Å². The third-order valence-corrected chi connectivity index (χ3v) is 8.84. The number of ether oxygens (including phenoxy) is 1. The number of alkyl halides is 1. The van der Waals surface area contributed by atoms with Crippen LogP contribution in [-0.4, -0.2) is 84.5 Å². The van der Waals surface area contributed by atoms with Gasteiger partial charge in [0.05, 0.1) is 36.1 Å². The monoisotopic (exact) mass is 590 g/mol. The van der Waals surface area contributed by atoms with Gasteiger partial charge in [-0.2, -0.15) is 0 Å². The van der Waals surface area contributed by atoms with E-state index in [1.807, 2.05) is 45.0 Å². The second-order valence-corrected chi connectivity index (χ2v) is 12.1. The molecular formula is C26H35BrN6O5. The highest BCUT2D eigenvalue weighted by Crippen LogP contribution is 2.60. The van der Waals surface area contributed by atoms with Crippen LogP contribution in [0.3, 0.4) is 0 Å². The van der Waals surface area contributed by atoms with Crippen molar-refractivity contribution in [2.75, 3.05) is 13.2 Å². The van der Waals surface area contributed by atoms with Crippen LogP contribution in [-0.2, 0) is 25.8 Å². The number of aromatic nitrogens is 3. The highest BCUT2D eigenvalue weighted by Gasteiger charge is 2.77. The SMILES string of the molecule is CCCNC(=O)[C@H]1[C@@H]2OC3(CC2Br)C(C(=O)NCn2nnc4ccccc42)N([C@@H](CO)CC(C)C)C(=O)[C@H]13. The summed E-state index contributed by atoms with van der Waals surface area (Å²) in [5.74, 6) is -2.30. The summed E-state index contributed by atoms with van der Waals surface area (Å²) >= 11 is 3.67. The largest absolute Gasteiger partial charge is 0.394 e. The normalized spacial score (nSPS) is 30.7. The topological polar surface area (TPSA) is 139 Å². The van der Waals surface area contributed by atoms with Gasteiger partial charge in [0.15, 0.2) is 0 Å². The molecule has 2 aromatic rings. The molecule has 206 valence electrons. The molecular weight excluding hydrogens is 556 g/mol. The van der Waals surface area contributed by atoms with Crippen molar-refractivity contribution in [2.45, 2.75) is 75.3 Å². The summed E-state index contributed by atoms with van der Waals surface area (Å²) in [4.78, 5) is 42.7. The highest BCUT2D eigenvalue weighted by atomic mass is 79.9. The molecule has 1 aromatic carbocycles. The molecule has 11 nitrogen and oxygen atoms in total. The van der Waals surface area contributed by atoms with Gasteiger partial charge >= 0.3 is 0 Å². The maximum absolute atomic E-state index is 14.1. The van der Waals surface area contributed by atoms with Crippen LogP contribution in [0.2, 0.25) is 0 Å². The molecule has 0 saturated carbocycles. The Balaban J connectivity index is 1.49. The number of hydrogen-bond donors (Lipinski definition) is 3. The van der Waals surface area contributed by atoms with Crippen LogP contribution in [0.1, 0.15) is 40.0 Å². The van der Waals surface area contributed by atoms with Crippen molar-refractivity contribution in [2.24, 2.45) is 17.8 Å². The Morgan fingerprint density at radius 1 is 1.26 bits per heavy atom. The number of nitrogens with one attached hydrogen (secondary N) is 2. The summed E-state index contributed by atoms with van der Waals surface area (Å²) in [6, 6.07) is 5.85. The molecule has 3 aliphatic heterocycles. The summed E-state index contributed by atoms with van der Waals surface area (Å²) < 4.78 is 8.09. The summed E-state index contributed by atoms with van der Waals surface area (Å²) in [6.07, 6.45) is 1.17. The first-order valence-electron chi connectivity index (χ1n) is 13.3. The van der Waals surface area contributed by atoms with Gasteiger partial charge in [-0.25, -0.2) is 4.68 Å². The van der Waals surface area contributed by atoms with Crippen LogP contribution in [0.5, 0.6) is 0 Å². The van der Waals surface area contributed by atoms with Gasteiger partial charge in [-0.15, -0.1) is 5.10 Å². The van der Waals surface area contributed by atoms with Crippen LogP contribution in [0.15, 0.2) is 24.3 Å². The quantitative estimate of drug-likeness (QED) is 0.353. The van der Waals surface area contributed by atoms with Crippen molar-refractivity contribution in [3.63, 3.8) is 0 Å². The second-order valence-electron chi connectivity index (χ2n) is 10.9. The minimum absolute atomic E-state index is 0.0498. The van der Waals surface area contributed by atoms with E-state index in [1.54, 1.807) is 4.68 Å². The minimum Gasteiger partial charge on any atom is -0.394 e. The third kappa shape index (κ3) is 4.30. The highest BCUT2D eigenvalue weighted by molar-refractivity contribution is 9.09. The molecule has 3 aliphatic rings. The predicted octanol–water partition coefficient (Wildman–Crippen LogP) is 1.19. The van der Waals surface area contributed by atoms with Gasteiger partial charge < -0.3 is 25.4 Å². The number of amides is 3. The number of carbonyl (C=O) groups is 3. The summed E-state index contributed by atoms with van der Waals surface area (Å²) in [6.45, 7) is 6.22. The maximum atomic E-state index is 14.1. The number of hydrogen-bond acceptors (Lipinski definition) is 7. The first-order valence-corrected chi connectivity index (χ1v) is 14.2. The van der Waals surface area contributed by atoms with Gasteiger partial charge in [0.1, 0.15) is 23.8 Å². The molecule has 5 rings (SSSR count). The van der Waals surface area contributed by atoms with E-state index in [0.717, 1.165) is 11.9 Å². The fourth-order valence-electron chi connectivity index (χ4n) is 6.53. The van der Waals surface area contributed by atoms with Crippen molar-refractivity contribution >= 4 is 44.7 Å². The molecule has 3 fully saturated rings. The lowest BCUT2D eigenvalue weighted by Gasteiger charge is -2.37. The van der Waals surface area contributed by atoms with Crippen molar-refractivity contribution in [1.82, 2.24) is 30.5 Å². The first kappa shape index (κ1) is 27.0. The number of nitrogens with zero attached hydrogens (tertiary/aromatic N) is 4. The number of halogens is 1. The maximum Gasteiger partial charge on any atom is 0.247 e. The zero-order valence-electron chi connectivity index (χ0n) is 21.8. The minimum atomic E-state index is -1.18. The van der Waals surface area contributed by atoms with E-state index >= 15 is 0 Å². The average Bonchev–Trinajstić information content (AvgIpc) is 3.61. The lowest BCUT2D eigenvalue weighted by Crippen LogP contribution is -2.58. The number of likely N-dealkylation sites (tertiary alicyclic amines) is 1. The first-order chi connectivity index (χ1) is 18.2. The summed E-state index contributed by atoms with van der Waals surface area (Å²) in [7, 11) is 0. The van der Waals surface area contributed by atoms with E-state index in [2.05, 4.69) is 36.9 Å². The third-order valence-electron chi connectivity index (χ3n) is 8.00. The van der Waals surface area contributed by atoms with Gasteiger partial charge in [-0.05, 0) is 37.3 Å². The van der Waals surface area contributed by atoms with Gasteiger partial charge in [-0.1, -0.05) is 54.0 Å². The van der Waals surface area contributed by atoms with Gasteiger partial charge in [0, 0.05) is 11.4 Å². The zero-order chi connectivity index (χ0) is 27.2. The molecule has 3 amide bonds. The lowest BCUT2D eigenvalue weighted by molar-refractivity contribution is -0.146. The lowest BCUT2D eigenvalue weighted by atomic mass is 9.70. The van der Waals surface area contributed by atoms with Crippen LogP contribution in [0.4, 0.5) is 0 Å². The Hall–Kier alpha value is -2.57. The van der Waals surface area contributed by atoms with Crippen molar-refractivity contribution < 1.29 is 24.2 Å². The van der Waals surface area contributed by atoms with Crippen LogP contribution < -0.4 is 10.6 Å². The molecule has 2 bridgehead atoms. The Morgan fingerprint density at radius 3 is 2.74 bits per heavy atom. The molecule has 12 heteroatoms. The number of aliphatic hydroxyl groups is 1. The molecule has 1 spiro atoms. The smallest absolute Gasteiger partial charge is 0.247 e. The van der Waals surface area contributed by atoms with Gasteiger partial charge in [0.25, 0.3) is 0 Å². The molecule has 0 radical (unpaired) electrons. The van der Waals surface area contributed by atoms with Crippen LogP contribution in [0, 0.1) is 17.8 Å². The average molecular weight is 592 g/mol. The predicted molar refractivity (Wildman–Crippen MR) is 142 cm³/mol. The molecule has 7 atom stereocenters. The van der Waals surface area contributed by atoms with E-state index in [0.29, 0.717) is 24.9 Å². The Labute approximate surface area is 229 Å². The van der Waals surface area contributed by atoms with Crippen LogP contribution in [0.25, 0.3) is 11.0 Å². The van der Waals surface area contributed by atoms with E-state index in [9.17, 15) is 19.5 Å². The zero-order valence-corrected chi connectivity index (χ0v) is 23.4. The van der Waals surface area contributed by atoms with E-state index in [-0.39, 0.29) is 35.8 Å². The number of rotatable bonds is 10. The molecule has 1 aromatic heterocycles. The fourth-order valence-corrected chi connectivity index (χ4v) is 7.47. The molecule has 4 heterocycles. The molecule has 3 saturated heterocycles. The van der Waals surface area contributed by atoms with Gasteiger partial charge in [0.2, 0.25) is 17.7 Å². The number of fused-ring (bicyclic) bond motifs is 2. The molecule has 3 N–H and O–H groups in total. The molecule has 38 heavy (non-hydrogen) atoms. The summed E-state index contributed by atoms with van der Waals surface area (Å²) in [5.41, 5.74) is 0.293. The summed E-state index contributed by atoms with van der Waals surface area (Å²) in [5, 5.41) is 24.5. The van der Waals surface area contributed by atoms with E-state index < -0.39 is 41.5 Å². The van der Waals surface area contributed by atoms with Gasteiger partial charge in [-0.3, -0.25) is 14.4 Å². The Kier molecular flexibility index (Phi) is 7.49.